The first-order valence-electron chi connectivity index (χ1n) is 4.99. The zero-order valence-corrected chi connectivity index (χ0v) is 10.4. The van der Waals surface area contributed by atoms with Crippen LogP contribution < -0.4 is 0 Å². The lowest BCUT2D eigenvalue weighted by Gasteiger charge is -1.98. The topological polar surface area (TPSA) is 63.8 Å². The SMILES string of the molecule is Cc1cc(/C=N/n2c(C(F)F)n[nH]c2=S)n(C)n1. The van der Waals surface area contributed by atoms with Gasteiger partial charge in [-0.3, -0.25) is 4.68 Å². The molecular formula is C9H10F2N6S. The third kappa shape index (κ3) is 2.35. The summed E-state index contributed by atoms with van der Waals surface area (Å²) in [6.07, 6.45) is -1.35. The van der Waals surface area contributed by atoms with Crippen LogP contribution in [-0.2, 0) is 7.05 Å². The molecule has 0 aliphatic heterocycles. The number of rotatable bonds is 3. The van der Waals surface area contributed by atoms with Crippen molar-refractivity contribution in [1.29, 1.82) is 0 Å². The first-order chi connectivity index (χ1) is 8.49. The summed E-state index contributed by atoms with van der Waals surface area (Å²) in [5.74, 6) is -0.518. The van der Waals surface area contributed by atoms with Crippen LogP contribution >= 0.6 is 12.2 Å². The van der Waals surface area contributed by atoms with E-state index in [0.29, 0.717) is 5.69 Å². The van der Waals surface area contributed by atoms with Crippen LogP contribution in [0.4, 0.5) is 8.78 Å². The Morgan fingerprint density at radius 1 is 1.56 bits per heavy atom. The summed E-state index contributed by atoms with van der Waals surface area (Å²) in [6, 6.07) is 1.77. The zero-order chi connectivity index (χ0) is 13.3. The predicted octanol–water partition coefficient (Wildman–Crippen LogP) is 1.80. The number of hydrogen-bond acceptors (Lipinski definition) is 4. The molecule has 0 saturated carbocycles. The molecule has 0 saturated heterocycles. The van der Waals surface area contributed by atoms with Crippen molar-refractivity contribution < 1.29 is 8.78 Å². The molecule has 0 amide bonds. The van der Waals surface area contributed by atoms with Crippen LogP contribution in [0.2, 0.25) is 0 Å². The summed E-state index contributed by atoms with van der Waals surface area (Å²) in [6.45, 7) is 1.82. The Kier molecular flexibility index (Phi) is 3.32. The minimum absolute atomic E-state index is 0.0143. The van der Waals surface area contributed by atoms with Gasteiger partial charge in [-0.2, -0.15) is 20.0 Å². The first-order valence-corrected chi connectivity index (χ1v) is 5.40. The van der Waals surface area contributed by atoms with Crippen LogP contribution in [-0.4, -0.2) is 30.9 Å². The highest BCUT2D eigenvalue weighted by atomic mass is 32.1. The van der Waals surface area contributed by atoms with Crippen LogP contribution in [0, 0.1) is 11.7 Å². The van der Waals surface area contributed by atoms with E-state index in [1.165, 1.54) is 6.21 Å². The number of halogens is 2. The summed E-state index contributed by atoms with van der Waals surface area (Å²) < 4.78 is 27.7. The van der Waals surface area contributed by atoms with E-state index in [1.54, 1.807) is 17.8 Å². The van der Waals surface area contributed by atoms with E-state index in [1.807, 2.05) is 6.92 Å². The van der Waals surface area contributed by atoms with Gasteiger partial charge in [0.05, 0.1) is 17.6 Å². The van der Waals surface area contributed by atoms with Gasteiger partial charge in [-0.05, 0) is 25.2 Å². The maximum absolute atomic E-state index is 12.6. The Labute approximate surface area is 106 Å². The molecule has 0 fully saturated rings. The average molecular weight is 272 g/mol. The molecule has 0 aliphatic rings. The normalized spacial score (nSPS) is 11.8. The van der Waals surface area contributed by atoms with Crippen LogP contribution in [0.15, 0.2) is 11.2 Å². The molecule has 0 atom stereocenters. The highest BCUT2D eigenvalue weighted by Crippen LogP contribution is 2.15. The molecule has 0 radical (unpaired) electrons. The Bertz CT molecular complexity index is 638. The molecular weight excluding hydrogens is 262 g/mol. The fraction of sp³-hybridized carbons (Fsp3) is 0.333. The number of aromatic amines is 1. The standard InChI is InChI=1S/C9H10F2N6S/c1-5-3-6(16(2)15-5)4-12-17-8(7(10)11)13-14-9(17)18/h3-4,7H,1-2H3,(H,14,18)/b12-4+. The fourth-order valence-corrected chi connectivity index (χ4v) is 1.61. The lowest BCUT2D eigenvalue weighted by atomic mass is 10.4. The summed E-state index contributed by atoms with van der Waals surface area (Å²) in [4.78, 5) is 0. The van der Waals surface area contributed by atoms with Crippen molar-refractivity contribution in [3.63, 3.8) is 0 Å². The van der Waals surface area contributed by atoms with Crippen molar-refractivity contribution in [1.82, 2.24) is 24.7 Å². The van der Waals surface area contributed by atoms with Crippen molar-refractivity contribution in [2.24, 2.45) is 12.1 Å². The van der Waals surface area contributed by atoms with Crippen molar-refractivity contribution in [3.8, 4) is 0 Å². The number of nitrogens with one attached hydrogen (secondary N) is 1. The Balaban J connectivity index is 2.37. The molecule has 0 bridgehead atoms. The molecule has 2 aromatic heterocycles. The number of H-pyrrole nitrogens is 1. The van der Waals surface area contributed by atoms with E-state index in [-0.39, 0.29) is 4.77 Å². The Morgan fingerprint density at radius 3 is 2.83 bits per heavy atom. The van der Waals surface area contributed by atoms with Gasteiger partial charge in [-0.1, -0.05) is 0 Å². The van der Waals surface area contributed by atoms with E-state index >= 15 is 0 Å². The van der Waals surface area contributed by atoms with Crippen LogP contribution in [0.25, 0.3) is 0 Å². The molecule has 96 valence electrons. The van der Waals surface area contributed by atoms with Crippen molar-refractivity contribution >= 4 is 18.4 Å². The maximum Gasteiger partial charge on any atom is 0.299 e. The second-order valence-electron chi connectivity index (χ2n) is 3.58. The zero-order valence-electron chi connectivity index (χ0n) is 9.63. The number of aromatic nitrogens is 5. The number of alkyl halides is 2. The van der Waals surface area contributed by atoms with E-state index in [2.05, 4.69) is 20.4 Å². The largest absolute Gasteiger partial charge is 0.299 e. The lowest BCUT2D eigenvalue weighted by molar-refractivity contribution is 0.136. The van der Waals surface area contributed by atoms with Crippen molar-refractivity contribution in [3.05, 3.63) is 28.0 Å². The monoisotopic (exact) mass is 272 g/mol. The van der Waals surface area contributed by atoms with Crippen molar-refractivity contribution in [2.75, 3.05) is 0 Å². The fourth-order valence-electron chi connectivity index (χ4n) is 1.43. The number of nitrogens with zero attached hydrogens (tertiary/aromatic N) is 5. The van der Waals surface area contributed by atoms with Gasteiger partial charge in [-0.25, -0.2) is 13.9 Å². The van der Waals surface area contributed by atoms with E-state index in [9.17, 15) is 8.78 Å². The van der Waals surface area contributed by atoms with Crippen molar-refractivity contribution in [2.45, 2.75) is 13.3 Å². The van der Waals surface area contributed by atoms with Gasteiger partial charge in [0.15, 0.2) is 0 Å². The third-order valence-corrected chi connectivity index (χ3v) is 2.48. The molecule has 9 heteroatoms. The lowest BCUT2D eigenvalue weighted by Crippen LogP contribution is -2.02. The van der Waals surface area contributed by atoms with Gasteiger partial charge in [0.25, 0.3) is 6.43 Å². The van der Waals surface area contributed by atoms with Crippen LogP contribution in [0.5, 0.6) is 0 Å². The molecule has 1 N–H and O–H groups in total. The molecule has 2 aromatic rings. The van der Waals surface area contributed by atoms with Gasteiger partial charge in [0.2, 0.25) is 10.6 Å². The smallest absolute Gasteiger partial charge is 0.267 e. The highest BCUT2D eigenvalue weighted by molar-refractivity contribution is 7.71. The van der Waals surface area contributed by atoms with E-state index < -0.39 is 12.2 Å². The molecule has 18 heavy (non-hydrogen) atoms. The first kappa shape index (κ1) is 12.6. The minimum atomic E-state index is -2.75. The Morgan fingerprint density at radius 2 is 2.28 bits per heavy atom. The van der Waals surface area contributed by atoms with Gasteiger partial charge in [-0.15, -0.1) is 0 Å². The van der Waals surface area contributed by atoms with E-state index in [0.717, 1.165) is 10.4 Å². The second kappa shape index (κ2) is 4.77. The summed E-state index contributed by atoms with van der Waals surface area (Å²) in [5.41, 5.74) is 1.49. The summed E-state index contributed by atoms with van der Waals surface area (Å²) >= 11 is 4.82. The quantitative estimate of drug-likeness (QED) is 0.684. The van der Waals surface area contributed by atoms with Gasteiger partial charge >= 0.3 is 0 Å². The van der Waals surface area contributed by atoms with Gasteiger partial charge in [0.1, 0.15) is 0 Å². The second-order valence-corrected chi connectivity index (χ2v) is 3.96. The Hall–Kier alpha value is -1.90. The van der Waals surface area contributed by atoms with Crippen LogP contribution in [0.1, 0.15) is 23.6 Å². The average Bonchev–Trinajstić information content (AvgIpc) is 2.79. The molecule has 2 rings (SSSR count). The molecule has 0 unspecified atom stereocenters. The van der Waals surface area contributed by atoms with E-state index in [4.69, 9.17) is 12.2 Å². The molecule has 0 aromatic carbocycles. The molecule has 6 nitrogen and oxygen atoms in total. The predicted molar refractivity (Wildman–Crippen MR) is 63.3 cm³/mol. The number of aryl methyl sites for hydroxylation is 2. The third-order valence-electron chi connectivity index (χ3n) is 2.21. The van der Waals surface area contributed by atoms with Gasteiger partial charge < -0.3 is 0 Å². The summed E-state index contributed by atoms with van der Waals surface area (Å²) in [7, 11) is 1.73. The molecule has 0 spiro atoms. The molecule has 0 aliphatic carbocycles. The highest BCUT2D eigenvalue weighted by Gasteiger charge is 2.16. The summed E-state index contributed by atoms with van der Waals surface area (Å²) in [5, 5.41) is 13.7. The maximum atomic E-state index is 12.6. The van der Waals surface area contributed by atoms with Gasteiger partial charge in [0, 0.05) is 7.05 Å². The molecule has 2 heterocycles. The number of hydrogen-bond donors (Lipinski definition) is 1. The minimum Gasteiger partial charge on any atom is -0.267 e. The van der Waals surface area contributed by atoms with Crippen LogP contribution in [0.3, 0.4) is 0 Å².